The van der Waals surface area contributed by atoms with E-state index in [2.05, 4.69) is 13.5 Å². The van der Waals surface area contributed by atoms with Crippen LogP contribution in [0.4, 0.5) is 0 Å². The Morgan fingerprint density at radius 2 is 2.00 bits per heavy atom. The third-order valence-electron chi connectivity index (χ3n) is 3.31. The molecule has 3 nitrogen and oxygen atoms in total. The minimum atomic E-state index is 0.239. The second-order valence-electron chi connectivity index (χ2n) is 5.20. The van der Waals surface area contributed by atoms with Gasteiger partial charge in [-0.25, -0.2) is 0 Å². The minimum Gasteiger partial charge on any atom is -0.337 e. The molecular formula is C15H30N2O. The van der Waals surface area contributed by atoms with Crippen molar-refractivity contribution in [3.05, 3.63) is 12.7 Å². The Kier molecular flexibility index (Phi) is 9.66. The lowest BCUT2D eigenvalue weighted by Gasteiger charge is -2.26. The van der Waals surface area contributed by atoms with E-state index in [1.807, 2.05) is 18.7 Å². The lowest BCUT2D eigenvalue weighted by atomic mass is 9.94. The first-order valence-electron chi connectivity index (χ1n) is 7.17. The molecule has 0 aliphatic carbocycles. The van der Waals surface area contributed by atoms with Crippen LogP contribution in [0.25, 0.3) is 0 Å². The molecule has 0 bridgehead atoms. The molecule has 0 radical (unpaired) electrons. The molecule has 0 aliphatic heterocycles. The Labute approximate surface area is 112 Å². The van der Waals surface area contributed by atoms with Crippen LogP contribution in [0.3, 0.4) is 0 Å². The molecule has 0 spiro atoms. The standard InChI is InChI=1S/C15H30N2O/c1-5-7-14(10-11-16)8-9-15(18)17(12-6-2)13(3)4/h6,13-14H,2,5,7-12,16H2,1,3-4H3. The van der Waals surface area contributed by atoms with Gasteiger partial charge in [0.1, 0.15) is 0 Å². The Bertz CT molecular complexity index is 233. The molecule has 3 heteroatoms. The molecule has 0 aromatic rings. The Morgan fingerprint density at radius 3 is 2.44 bits per heavy atom. The fourth-order valence-electron chi connectivity index (χ4n) is 2.29. The number of carbonyl (C=O) groups excluding carboxylic acids is 1. The maximum absolute atomic E-state index is 12.1. The summed E-state index contributed by atoms with van der Waals surface area (Å²) in [7, 11) is 0. The predicted octanol–water partition coefficient (Wildman–Crippen LogP) is 2.95. The number of rotatable bonds is 10. The van der Waals surface area contributed by atoms with Crippen LogP contribution in [0.2, 0.25) is 0 Å². The molecule has 1 amide bonds. The van der Waals surface area contributed by atoms with Crippen LogP contribution in [0.5, 0.6) is 0 Å². The Morgan fingerprint density at radius 1 is 1.33 bits per heavy atom. The molecule has 0 saturated carbocycles. The third kappa shape index (κ3) is 6.80. The van der Waals surface area contributed by atoms with Gasteiger partial charge in [0, 0.05) is 19.0 Å². The molecular weight excluding hydrogens is 224 g/mol. The second kappa shape index (κ2) is 10.1. The van der Waals surface area contributed by atoms with Gasteiger partial charge >= 0.3 is 0 Å². The maximum atomic E-state index is 12.1. The van der Waals surface area contributed by atoms with E-state index in [0.717, 1.165) is 19.4 Å². The maximum Gasteiger partial charge on any atom is 0.223 e. The zero-order valence-electron chi connectivity index (χ0n) is 12.3. The first kappa shape index (κ1) is 17.2. The zero-order chi connectivity index (χ0) is 14.0. The van der Waals surface area contributed by atoms with Gasteiger partial charge in [-0.2, -0.15) is 0 Å². The number of amides is 1. The fourth-order valence-corrected chi connectivity index (χ4v) is 2.29. The van der Waals surface area contributed by atoms with E-state index < -0.39 is 0 Å². The lowest BCUT2D eigenvalue weighted by molar-refractivity contribution is -0.132. The molecule has 0 fully saturated rings. The molecule has 2 N–H and O–H groups in total. The average molecular weight is 254 g/mol. The largest absolute Gasteiger partial charge is 0.337 e. The van der Waals surface area contributed by atoms with Crippen LogP contribution < -0.4 is 5.73 Å². The number of nitrogens with two attached hydrogens (primary N) is 1. The average Bonchev–Trinajstić information content (AvgIpc) is 2.32. The molecule has 106 valence electrons. The van der Waals surface area contributed by atoms with Crippen molar-refractivity contribution in [3.8, 4) is 0 Å². The number of nitrogens with zero attached hydrogens (tertiary/aromatic N) is 1. The van der Waals surface area contributed by atoms with E-state index in [4.69, 9.17) is 5.73 Å². The highest BCUT2D eigenvalue weighted by atomic mass is 16.2. The van der Waals surface area contributed by atoms with E-state index in [1.54, 1.807) is 6.08 Å². The summed E-state index contributed by atoms with van der Waals surface area (Å²) < 4.78 is 0. The molecule has 18 heavy (non-hydrogen) atoms. The highest BCUT2D eigenvalue weighted by Gasteiger charge is 2.17. The van der Waals surface area contributed by atoms with Crippen molar-refractivity contribution in [1.82, 2.24) is 4.90 Å². The van der Waals surface area contributed by atoms with Crippen molar-refractivity contribution in [2.75, 3.05) is 13.1 Å². The van der Waals surface area contributed by atoms with Crippen molar-refractivity contribution in [2.24, 2.45) is 11.7 Å². The molecule has 0 aliphatic rings. The lowest BCUT2D eigenvalue weighted by Crippen LogP contribution is -2.37. The van der Waals surface area contributed by atoms with E-state index in [9.17, 15) is 4.79 Å². The van der Waals surface area contributed by atoms with Crippen molar-refractivity contribution < 1.29 is 4.79 Å². The number of hydrogen-bond donors (Lipinski definition) is 1. The van der Waals surface area contributed by atoms with Gasteiger partial charge in [-0.3, -0.25) is 4.79 Å². The molecule has 1 atom stereocenters. The van der Waals surface area contributed by atoms with Gasteiger partial charge in [-0.15, -0.1) is 6.58 Å². The summed E-state index contributed by atoms with van der Waals surface area (Å²) in [5.41, 5.74) is 5.61. The van der Waals surface area contributed by atoms with Crippen LogP contribution >= 0.6 is 0 Å². The van der Waals surface area contributed by atoms with Gasteiger partial charge in [0.05, 0.1) is 0 Å². The quantitative estimate of drug-likeness (QED) is 0.609. The summed E-state index contributed by atoms with van der Waals surface area (Å²) in [6.07, 6.45) is 6.76. The SMILES string of the molecule is C=CCN(C(=O)CCC(CCC)CCN)C(C)C. The molecule has 0 aromatic carbocycles. The number of hydrogen-bond acceptors (Lipinski definition) is 2. The first-order chi connectivity index (χ1) is 8.56. The molecule has 0 aromatic heterocycles. The zero-order valence-corrected chi connectivity index (χ0v) is 12.3. The van der Waals surface area contributed by atoms with Gasteiger partial charge in [-0.05, 0) is 39.2 Å². The molecule has 0 saturated heterocycles. The van der Waals surface area contributed by atoms with Crippen molar-refractivity contribution >= 4 is 5.91 Å². The van der Waals surface area contributed by atoms with Gasteiger partial charge in [0.15, 0.2) is 0 Å². The van der Waals surface area contributed by atoms with Crippen LogP contribution in [0.1, 0.15) is 52.9 Å². The van der Waals surface area contributed by atoms with E-state index in [0.29, 0.717) is 18.9 Å². The van der Waals surface area contributed by atoms with Gasteiger partial charge < -0.3 is 10.6 Å². The van der Waals surface area contributed by atoms with Gasteiger partial charge in [0.2, 0.25) is 5.91 Å². The van der Waals surface area contributed by atoms with E-state index >= 15 is 0 Å². The summed E-state index contributed by atoms with van der Waals surface area (Å²) in [6.45, 7) is 11.4. The van der Waals surface area contributed by atoms with Gasteiger partial charge in [-0.1, -0.05) is 25.8 Å². The first-order valence-corrected chi connectivity index (χ1v) is 7.17. The monoisotopic (exact) mass is 254 g/mol. The summed E-state index contributed by atoms with van der Waals surface area (Å²) in [6, 6.07) is 0.245. The number of carbonyl (C=O) groups is 1. The minimum absolute atomic E-state index is 0.239. The summed E-state index contributed by atoms with van der Waals surface area (Å²) in [5, 5.41) is 0. The Balaban J connectivity index is 4.21. The Hall–Kier alpha value is -0.830. The summed E-state index contributed by atoms with van der Waals surface area (Å²) >= 11 is 0. The molecule has 1 unspecified atom stereocenters. The van der Waals surface area contributed by atoms with Crippen LogP contribution in [0, 0.1) is 5.92 Å². The van der Waals surface area contributed by atoms with Gasteiger partial charge in [0.25, 0.3) is 0 Å². The van der Waals surface area contributed by atoms with E-state index in [-0.39, 0.29) is 11.9 Å². The topological polar surface area (TPSA) is 46.3 Å². The van der Waals surface area contributed by atoms with Crippen molar-refractivity contribution in [2.45, 2.75) is 58.9 Å². The second-order valence-corrected chi connectivity index (χ2v) is 5.20. The van der Waals surface area contributed by atoms with Crippen LogP contribution in [0.15, 0.2) is 12.7 Å². The van der Waals surface area contributed by atoms with Crippen molar-refractivity contribution in [3.63, 3.8) is 0 Å². The fraction of sp³-hybridized carbons (Fsp3) is 0.800. The summed E-state index contributed by atoms with van der Waals surface area (Å²) in [4.78, 5) is 14.0. The highest BCUT2D eigenvalue weighted by Crippen LogP contribution is 2.18. The highest BCUT2D eigenvalue weighted by molar-refractivity contribution is 5.76. The van der Waals surface area contributed by atoms with E-state index in [1.165, 1.54) is 12.8 Å². The third-order valence-corrected chi connectivity index (χ3v) is 3.31. The van der Waals surface area contributed by atoms with Crippen molar-refractivity contribution in [1.29, 1.82) is 0 Å². The van der Waals surface area contributed by atoms with Crippen LogP contribution in [-0.4, -0.2) is 29.9 Å². The van der Waals surface area contributed by atoms with Crippen LogP contribution in [-0.2, 0) is 4.79 Å². The molecule has 0 rings (SSSR count). The smallest absolute Gasteiger partial charge is 0.223 e. The predicted molar refractivity (Wildman–Crippen MR) is 78.3 cm³/mol. The normalized spacial score (nSPS) is 12.5. The summed E-state index contributed by atoms with van der Waals surface area (Å²) in [5.74, 6) is 0.838. The molecule has 0 heterocycles.